The van der Waals surface area contributed by atoms with E-state index in [1.807, 2.05) is 54.6 Å². The van der Waals surface area contributed by atoms with E-state index in [-0.39, 0.29) is 0 Å². The lowest BCUT2D eigenvalue weighted by molar-refractivity contribution is 0.303. The molecule has 92 valence electrons. The van der Waals surface area contributed by atoms with E-state index in [4.69, 9.17) is 9.84 Å². The van der Waals surface area contributed by atoms with Gasteiger partial charge in [-0.15, -0.1) is 0 Å². The molecule has 0 fully saturated rings. The zero-order chi connectivity index (χ0) is 12.6. The molecule has 0 aromatic heterocycles. The minimum Gasteiger partial charge on any atom is -0.516 e. The molecule has 2 aromatic carbocycles. The zero-order valence-electron chi connectivity index (χ0n) is 10.1. The Hall–Kier alpha value is -2.22. The van der Waals surface area contributed by atoms with Crippen LogP contribution in [0.3, 0.4) is 0 Å². The van der Waals surface area contributed by atoms with E-state index in [1.165, 1.54) is 0 Å². The molecular formula is C16H16O2. The second-order valence-corrected chi connectivity index (χ2v) is 3.97. The van der Waals surface area contributed by atoms with Crippen molar-refractivity contribution in [3.8, 4) is 5.75 Å². The molecule has 2 nitrogen and oxygen atoms in total. The monoisotopic (exact) mass is 240 g/mol. The predicted molar refractivity (Wildman–Crippen MR) is 72.7 cm³/mol. The highest BCUT2D eigenvalue weighted by Gasteiger charge is 2.01. The highest BCUT2D eigenvalue weighted by Crippen LogP contribution is 2.20. The second-order valence-electron chi connectivity index (χ2n) is 3.97. The van der Waals surface area contributed by atoms with Crippen molar-refractivity contribution in [3.05, 3.63) is 78.1 Å². The van der Waals surface area contributed by atoms with Gasteiger partial charge in [-0.25, -0.2) is 0 Å². The molecule has 2 aromatic rings. The van der Waals surface area contributed by atoms with E-state index in [1.54, 1.807) is 6.08 Å². The number of allylic oxidation sites excluding steroid dienone is 1. The lowest BCUT2D eigenvalue weighted by Gasteiger charge is -2.10. The van der Waals surface area contributed by atoms with Crippen LogP contribution in [-0.2, 0) is 13.0 Å². The van der Waals surface area contributed by atoms with Gasteiger partial charge in [0.1, 0.15) is 12.4 Å². The summed E-state index contributed by atoms with van der Waals surface area (Å²) < 4.78 is 5.80. The lowest BCUT2D eigenvalue weighted by atomic mass is 10.1. The molecule has 18 heavy (non-hydrogen) atoms. The van der Waals surface area contributed by atoms with Gasteiger partial charge in [-0.05, 0) is 29.7 Å². The smallest absolute Gasteiger partial charge is 0.123 e. The summed E-state index contributed by atoms with van der Waals surface area (Å²) in [6.45, 7) is 0.556. The van der Waals surface area contributed by atoms with Crippen LogP contribution < -0.4 is 4.74 Å². The summed E-state index contributed by atoms with van der Waals surface area (Å²) in [7, 11) is 0. The fourth-order valence-electron chi connectivity index (χ4n) is 1.73. The maximum absolute atomic E-state index is 8.70. The normalized spacial score (nSPS) is 10.7. The molecule has 0 amide bonds. The van der Waals surface area contributed by atoms with Crippen molar-refractivity contribution in [2.45, 2.75) is 13.0 Å². The van der Waals surface area contributed by atoms with Crippen molar-refractivity contribution in [2.24, 2.45) is 0 Å². The average molecular weight is 240 g/mol. The van der Waals surface area contributed by atoms with Crippen molar-refractivity contribution in [3.63, 3.8) is 0 Å². The fraction of sp³-hybridized carbons (Fsp3) is 0.125. The summed E-state index contributed by atoms with van der Waals surface area (Å²) >= 11 is 0. The largest absolute Gasteiger partial charge is 0.516 e. The Labute approximate surface area is 107 Å². The van der Waals surface area contributed by atoms with Gasteiger partial charge in [-0.1, -0.05) is 48.5 Å². The number of aliphatic hydroxyl groups excluding tert-OH is 1. The Morgan fingerprint density at radius 1 is 0.944 bits per heavy atom. The molecule has 0 heterocycles. The van der Waals surface area contributed by atoms with Crippen LogP contribution in [0.5, 0.6) is 5.75 Å². The van der Waals surface area contributed by atoms with E-state index >= 15 is 0 Å². The van der Waals surface area contributed by atoms with Gasteiger partial charge in [0.15, 0.2) is 0 Å². The highest BCUT2D eigenvalue weighted by atomic mass is 16.5. The van der Waals surface area contributed by atoms with Crippen LogP contribution in [0, 0.1) is 0 Å². The minimum atomic E-state index is 0.556. The topological polar surface area (TPSA) is 29.5 Å². The number of para-hydroxylation sites is 1. The predicted octanol–water partition coefficient (Wildman–Crippen LogP) is 3.88. The molecule has 0 atom stereocenters. The van der Waals surface area contributed by atoms with E-state index < -0.39 is 0 Å². The standard InChI is InChI=1S/C16H16O2/c17-12-6-10-15-9-4-5-11-16(15)18-13-14-7-2-1-3-8-14/h1-9,11-12,17H,10,13H2. The highest BCUT2D eigenvalue weighted by molar-refractivity contribution is 5.35. The Morgan fingerprint density at radius 2 is 1.67 bits per heavy atom. The molecule has 0 bridgehead atoms. The van der Waals surface area contributed by atoms with Gasteiger partial charge < -0.3 is 9.84 Å². The third-order valence-corrected chi connectivity index (χ3v) is 2.65. The van der Waals surface area contributed by atoms with Crippen LogP contribution >= 0.6 is 0 Å². The molecule has 0 saturated carbocycles. The van der Waals surface area contributed by atoms with Gasteiger partial charge >= 0.3 is 0 Å². The van der Waals surface area contributed by atoms with Gasteiger partial charge in [-0.3, -0.25) is 0 Å². The van der Waals surface area contributed by atoms with Crippen LogP contribution in [-0.4, -0.2) is 5.11 Å². The Balaban J connectivity index is 2.04. The number of hydrogen-bond acceptors (Lipinski definition) is 2. The van der Waals surface area contributed by atoms with Crippen molar-refractivity contribution in [1.29, 1.82) is 0 Å². The van der Waals surface area contributed by atoms with Crippen molar-refractivity contribution in [2.75, 3.05) is 0 Å². The maximum atomic E-state index is 8.70. The number of rotatable bonds is 5. The Morgan fingerprint density at radius 3 is 2.44 bits per heavy atom. The summed E-state index contributed by atoms with van der Waals surface area (Å²) in [4.78, 5) is 0. The molecule has 1 N–H and O–H groups in total. The zero-order valence-corrected chi connectivity index (χ0v) is 10.1. The molecular weight excluding hydrogens is 224 g/mol. The number of ether oxygens (including phenoxy) is 1. The molecule has 0 saturated heterocycles. The molecule has 0 unspecified atom stereocenters. The molecule has 0 aliphatic rings. The van der Waals surface area contributed by atoms with Gasteiger partial charge in [-0.2, -0.15) is 0 Å². The van der Waals surface area contributed by atoms with Gasteiger partial charge in [0.2, 0.25) is 0 Å². The maximum Gasteiger partial charge on any atom is 0.123 e. The quantitative estimate of drug-likeness (QED) is 0.804. The first-order valence-corrected chi connectivity index (χ1v) is 5.94. The summed E-state index contributed by atoms with van der Waals surface area (Å²) in [6, 6.07) is 17.9. The van der Waals surface area contributed by atoms with Crippen molar-refractivity contribution < 1.29 is 9.84 Å². The van der Waals surface area contributed by atoms with E-state index in [0.29, 0.717) is 13.0 Å². The third-order valence-electron chi connectivity index (χ3n) is 2.65. The summed E-state index contributed by atoms with van der Waals surface area (Å²) in [5.74, 6) is 0.861. The lowest BCUT2D eigenvalue weighted by Crippen LogP contribution is -1.97. The van der Waals surface area contributed by atoms with Gasteiger partial charge in [0, 0.05) is 0 Å². The Bertz CT molecular complexity index is 504. The first-order chi connectivity index (χ1) is 8.90. The van der Waals surface area contributed by atoms with Crippen molar-refractivity contribution in [1.82, 2.24) is 0 Å². The van der Waals surface area contributed by atoms with Crippen molar-refractivity contribution >= 4 is 0 Å². The second kappa shape index (κ2) is 6.50. The van der Waals surface area contributed by atoms with Crippen LogP contribution in [0.2, 0.25) is 0 Å². The molecule has 0 aliphatic carbocycles. The average Bonchev–Trinajstić information content (AvgIpc) is 2.45. The summed E-state index contributed by atoms with van der Waals surface area (Å²) in [6.07, 6.45) is 3.43. The van der Waals surface area contributed by atoms with Crippen LogP contribution in [0.4, 0.5) is 0 Å². The first-order valence-electron chi connectivity index (χ1n) is 5.94. The first kappa shape index (κ1) is 12.2. The number of aliphatic hydroxyl groups is 1. The molecule has 2 heteroatoms. The molecule has 2 rings (SSSR count). The van der Waals surface area contributed by atoms with E-state index in [2.05, 4.69) is 0 Å². The minimum absolute atomic E-state index is 0.556. The Kier molecular flexibility index (Phi) is 4.42. The molecule has 0 radical (unpaired) electrons. The SMILES string of the molecule is OC=CCc1ccccc1OCc1ccccc1. The van der Waals surface area contributed by atoms with Crippen LogP contribution in [0.25, 0.3) is 0 Å². The fourth-order valence-corrected chi connectivity index (χ4v) is 1.73. The van der Waals surface area contributed by atoms with E-state index in [9.17, 15) is 0 Å². The molecule has 0 aliphatic heterocycles. The molecule has 0 spiro atoms. The van der Waals surface area contributed by atoms with Crippen LogP contribution in [0.15, 0.2) is 66.9 Å². The number of benzene rings is 2. The van der Waals surface area contributed by atoms with E-state index in [0.717, 1.165) is 23.1 Å². The van der Waals surface area contributed by atoms with Gasteiger partial charge in [0.05, 0.1) is 6.26 Å². The van der Waals surface area contributed by atoms with Gasteiger partial charge in [0.25, 0.3) is 0 Å². The summed E-state index contributed by atoms with van der Waals surface area (Å²) in [5, 5.41) is 8.70. The number of hydrogen-bond donors (Lipinski definition) is 1. The third kappa shape index (κ3) is 3.39. The summed E-state index contributed by atoms with van der Waals surface area (Å²) in [5.41, 5.74) is 2.21. The van der Waals surface area contributed by atoms with Crippen LogP contribution in [0.1, 0.15) is 11.1 Å².